The van der Waals surface area contributed by atoms with Crippen LogP contribution in [0.1, 0.15) is 90.4 Å². The zero-order chi connectivity index (χ0) is 41.3. The number of alkyl halides is 4. The Morgan fingerprint density at radius 2 is 1.74 bits per heavy atom. The number of carbonyl (C=O) groups excluding carboxylic acids is 3. The lowest BCUT2D eigenvalue weighted by molar-refractivity contribution is -0.354. The number of amides is 3. The van der Waals surface area contributed by atoms with Crippen LogP contribution in [0.2, 0.25) is 0 Å². The number of hydrogen-bond donors (Lipinski definition) is 3. The molecule has 3 saturated heterocycles. The standard InChI is InChI=1S/C40H47F4N4O8PS/c1-46(27-19-28(20-27)56-40(42,43)44)25-9-11-30(45-36(49)33-17-24-16-23(8-13-32(24)58-33)35(41)57(52,53)54)37(50)48-26(18-25)10-12-31(48)38(51)47-21-29(22-6-4-3-5-7-22)34(55-2)39(47)14-15-39/h3-8,13,16-17,25-31,34-35H,9-12,14-15,18-21H2,1-2H3,(H,45,49)(H2,52,53,54)/t25-,26+,27?,28?,29-,30-,31-,34+,35+/m0/s1. The number of nitrogens with zero attached hydrogens (tertiary/aromatic N) is 3. The third-order valence-corrected chi connectivity index (χ3v) is 15.2. The highest BCUT2D eigenvalue weighted by atomic mass is 32.1. The molecule has 4 heterocycles. The van der Waals surface area contributed by atoms with Gasteiger partial charge in [0.05, 0.1) is 22.6 Å². The van der Waals surface area contributed by atoms with Gasteiger partial charge >= 0.3 is 14.0 Å². The van der Waals surface area contributed by atoms with Gasteiger partial charge in [0.1, 0.15) is 12.1 Å². The van der Waals surface area contributed by atoms with Gasteiger partial charge in [-0.05, 0) is 99.5 Å². The van der Waals surface area contributed by atoms with Crippen molar-refractivity contribution in [3.63, 3.8) is 0 Å². The van der Waals surface area contributed by atoms with Crippen LogP contribution >= 0.6 is 18.9 Å². The smallest absolute Gasteiger partial charge is 0.378 e. The fourth-order valence-corrected chi connectivity index (χ4v) is 11.5. The van der Waals surface area contributed by atoms with E-state index in [2.05, 4.69) is 15.0 Å². The Morgan fingerprint density at radius 3 is 2.40 bits per heavy atom. The van der Waals surface area contributed by atoms with E-state index < -0.39 is 49.5 Å². The predicted molar refractivity (Wildman–Crippen MR) is 206 cm³/mol. The number of benzene rings is 2. The number of ether oxygens (including phenoxy) is 2. The van der Waals surface area contributed by atoms with E-state index in [1.165, 1.54) is 24.3 Å². The van der Waals surface area contributed by atoms with Crippen molar-refractivity contribution in [2.24, 2.45) is 0 Å². The van der Waals surface area contributed by atoms with E-state index in [0.717, 1.165) is 29.7 Å². The molecule has 7 atom stereocenters. The Morgan fingerprint density at radius 1 is 1.02 bits per heavy atom. The molecule has 1 aromatic heterocycles. The van der Waals surface area contributed by atoms with E-state index in [9.17, 15) is 46.3 Å². The molecule has 3 aliphatic heterocycles. The molecule has 3 aromatic rings. The molecule has 0 radical (unpaired) electrons. The second-order valence-electron chi connectivity index (χ2n) is 16.5. The molecule has 5 fully saturated rings. The van der Waals surface area contributed by atoms with Gasteiger partial charge in [0.15, 0.2) is 0 Å². The van der Waals surface area contributed by atoms with Crippen molar-refractivity contribution in [3.8, 4) is 0 Å². The number of nitrogens with one attached hydrogen (secondary N) is 1. The minimum atomic E-state index is -5.06. The lowest BCUT2D eigenvalue weighted by Crippen LogP contribution is -2.60. The summed E-state index contributed by atoms with van der Waals surface area (Å²) >= 11 is 1.08. The molecular weight excluding hydrogens is 803 g/mol. The predicted octanol–water partition coefficient (Wildman–Crippen LogP) is 6.23. The van der Waals surface area contributed by atoms with Crippen molar-refractivity contribution in [2.75, 3.05) is 20.7 Å². The fourth-order valence-electron chi connectivity index (χ4n) is 10.0. The van der Waals surface area contributed by atoms with Crippen LogP contribution in [0.15, 0.2) is 54.6 Å². The Labute approximate surface area is 337 Å². The summed E-state index contributed by atoms with van der Waals surface area (Å²) in [6.45, 7) is 0.434. The zero-order valence-electron chi connectivity index (χ0n) is 32.0. The maximum atomic E-state index is 14.9. The molecule has 1 spiro atoms. The molecule has 3 amide bonds. The average Bonchev–Trinajstić information content (AvgIpc) is 3.50. The molecule has 5 aliphatic rings. The summed E-state index contributed by atoms with van der Waals surface area (Å²) in [7, 11) is -1.53. The Bertz CT molecular complexity index is 2090. The van der Waals surface area contributed by atoms with E-state index >= 15 is 0 Å². The highest BCUT2D eigenvalue weighted by molar-refractivity contribution is 7.51. The summed E-state index contributed by atoms with van der Waals surface area (Å²) in [5.74, 6) is -3.69. The summed E-state index contributed by atoms with van der Waals surface area (Å²) in [6, 6.07) is 12.9. The zero-order valence-corrected chi connectivity index (χ0v) is 33.7. The van der Waals surface area contributed by atoms with Crippen molar-refractivity contribution in [1.29, 1.82) is 0 Å². The van der Waals surface area contributed by atoms with E-state index in [-0.39, 0.29) is 71.7 Å². The van der Waals surface area contributed by atoms with Gasteiger partial charge in [-0.1, -0.05) is 36.4 Å². The average molecular weight is 851 g/mol. The van der Waals surface area contributed by atoms with Crippen molar-refractivity contribution in [3.05, 3.63) is 70.6 Å². The van der Waals surface area contributed by atoms with Gasteiger partial charge in [-0.2, -0.15) is 0 Å². The molecule has 12 nitrogen and oxygen atoms in total. The molecule has 18 heteroatoms. The van der Waals surface area contributed by atoms with Crippen LogP contribution in [0, 0.1) is 0 Å². The lowest BCUT2D eigenvalue weighted by atomic mass is 9.85. The van der Waals surface area contributed by atoms with Crippen molar-refractivity contribution >= 4 is 46.7 Å². The normalized spacial score (nSPS) is 30.3. The second kappa shape index (κ2) is 15.5. The molecule has 8 rings (SSSR count). The van der Waals surface area contributed by atoms with Crippen LogP contribution in [0.3, 0.4) is 0 Å². The van der Waals surface area contributed by atoms with Crippen LogP contribution in [-0.2, 0) is 23.6 Å². The number of carbonyl (C=O) groups is 3. The van der Waals surface area contributed by atoms with Gasteiger partial charge in [0.2, 0.25) is 17.7 Å². The lowest BCUT2D eigenvalue weighted by Gasteiger charge is -2.47. The van der Waals surface area contributed by atoms with E-state index in [0.29, 0.717) is 42.3 Å². The third kappa shape index (κ3) is 7.83. The largest absolute Gasteiger partial charge is 0.522 e. The molecule has 2 saturated carbocycles. The van der Waals surface area contributed by atoms with Crippen LogP contribution in [0.25, 0.3) is 10.1 Å². The molecule has 3 N–H and O–H groups in total. The van der Waals surface area contributed by atoms with Gasteiger partial charge in [0, 0.05) is 42.4 Å². The molecule has 58 heavy (non-hydrogen) atoms. The first-order chi connectivity index (χ1) is 27.5. The maximum Gasteiger partial charge on any atom is 0.522 e. The van der Waals surface area contributed by atoms with Crippen LogP contribution < -0.4 is 5.32 Å². The number of methoxy groups -OCH3 is 1. The topological polar surface area (TPSA) is 149 Å². The van der Waals surface area contributed by atoms with Gasteiger partial charge in [-0.15, -0.1) is 24.5 Å². The van der Waals surface area contributed by atoms with E-state index in [1.54, 1.807) is 12.0 Å². The molecule has 2 aromatic carbocycles. The second-order valence-corrected chi connectivity index (χ2v) is 19.2. The first kappa shape index (κ1) is 41.3. The van der Waals surface area contributed by atoms with Crippen LogP contribution in [0.4, 0.5) is 17.6 Å². The number of fused-ring (bicyclic) bond motifs is 2. The first-order valence-corrected chi connectivity index (χ1v) is 22.2. The van der Waals surface area contributed by atoms with Crippen molar-refractivity contribution < 1.29 is 55.8 Å². The third-order valence-electron chi connectivity index (χ3n) is 13.2. The van der Waals surface area contributed by atoms with Gasteiger partial charge in [0.25, 0.3) is 5.91 Å². The van der Waals surface area contributed by atoms with Gasteiger partial charge in [-0.3, -0.25) is 23.7 Å². The summed E-state index contributed by atoms with van der Waals surface area (Å²) in [6.07, 6.45) is -1.80. The van der Waals surface area contributed by atoms with Crippen molar-refractivity contribution in [2.45, 2.75) is 124 Å². The van der Waals surface area contributed by atoms with Gasteiger partial charge < -0.3 is 34.5 Å². The highest BCUT2D eigenvalue weighted by Gasteiger charge is 2.65. The van der Waals surface area contributed by atoms with Crippen molar-refractivity contribution in [1.82, 2.24) is 20.0 Å². The summed E-state index contributed by atoms with van der Waals surface area (Å²) in [4.78, 5) is 68.1. The summed E-state index contributed by atoms with van der Waals surface area (Å²) < 4.78 is 75.8. The number of thiophene rings is 1. The molecule has 2 aliphatic carbocycles. The Hall–Kier alpha value is -3.44. The highest BCUT2D eigenvalue weighted by Crippen LogP contribution is 2.56. The van der Waals surface area contributed by atoms with E-state index in [1.807, 2.05) is 42.3 Å². The molecule has 0 bridgehead atoms. The fraction of sp³-hybridized carbons (Fsp3) is 0.575. The Balaban J connectivity index is 1.06. The van der Waals surface area contributed by atoms with E-state index in [4.69, 9.17) is 4.74 Å². The van der Waals surface area contributed by atoms with Crippen LogP contribution in [0.5, 0.6) is 0 Å². The molecular formula is C40H47F4N4O8PS. The monoisotopic (exact) mass is 850 g/mol. The molecule has 314 valence electrons. The van der Waals surface area contributed by atoms with Crippen LogP contribution in [-0.4, -0.2) is 117 Å². The number of halogens is 4. The SMILES string of the molecule is CO[C@@H]1[C@H](c2ccccc2)CN(C(=O)[C@@H]2CC[C@@H]3C[C@@H](N(C)C4CC(OC(F)(F)F)C4)CC[C@H](NC(=O)c4cc5cc([C@H](F)P(=O)(O)O)ccc5s4)C(=O)N32)C12CC2. The minimum Gasteiger partial charge on any atom is -0.378 e. The number of hydrogen-bond acceptors (Lipinski definition) is 8. The number of likely N-dealkylation sites (tertiary alicyclic amines) is 1. The molecule has 0 unspecified atom stereocenters. The number of rotatable bonds is 10. The minimum absolute atomic E-state index is 0.0550. The quantitative estimate of drug-likeness (QED) is 0.160. The maximum absolute atomic E-state index is 14.9. The van der Waals surface area contributed by atoms with Gasteiger partial charge in [-0.25, -0.2) is 4.39 Å². The summed E-state index contributed by atoms with van der Waals surface area (Å²) in [5.41, 5.74) is 0.353. The summed E-state index contributed by atoms with van der Waals surface area (Å²) in [5, 5.41) is 3.31. The first-order valence-electron chi connectivity index (χ1n) is 19.7. The Kier molecular flexibility index (Phi) is 11.1.